The molecule has 0 radical (unpaired) electrons. The summed E-state index contributed by atoms with van der Waals surface area (Å²) in [5.74, 6) is 1.36. The summed E-state index contributed by atoms with van der Waals surface area (Å²) in [4.78, 5) is 19.5. The van der Waals surface area contributed by atoms with Crippen LogP contribution in [-0.2, 0) is 22.5 Å². The van der Waals surface area contributed by atoms with Crippen LogP contribution in [0.3, 0.4) is 0 Å². The Hall–Kier alpha value is -4.18. The maximum atomic E-state index is 14.4. The van der Waals surface area contributed by atoms with Gasteiger partial charge in [-0.2, -0.15) is 0 Å². The van der Waals surface area contributed by atoms with Gasteiger partial charge in [-0.3, -0.25) is 10.2 Å². The van der Waals surface area contributed by atoms with Gasteiger partial charge in [0.1, 0.15) is 11.5 Å². The maximum Gasteiger partial charge on any atom is 0.266 e. The number of benzene rings is 4. The molecule has 8 nitrogen and oxygen atoms in total. The highest BCUT2D eigenvalue weighted by molar-refractivity contribution is 9.10. The third-order valence-electron chi connectivity index (χ3n) is 7.39. The Bertz CT molecular complexity index is 1590. The van der Waals surface area contributed by atoms with E-state index in [0.717, 1.165) is 26.7 Å². The molecule has 228 valence electrons. The van der Waals surface area contributed by atoms with E-state index in [1.165, 1.54) is 0 Å². The molecule has 4 aromatic rings. The second-order valence-electron chi connectivity index (χ2n) is 10.7. The van der Waals surface area contributed by atoms with E-state index in [1.54, 1.807) is 7.11 Å². The Morgan fingerprint density at radius 3 is 2.48 bits per heavy atom. The van der Waals surface area contributed by atoms with E-state index in [-0.39, 0.29) is 18.9 Å². The lowest BCUT2D eigenvalue weighted by atomic mass is 9.82. The van der Waals surface area contributed by atoms with Crippen molar-refractivity contribution in [3.63, 3.8) is 0 Å². The minimum atomic E-state index is -1.36. The van der Waals surface area contributed by atoms with Crippen molar-refractivity contribution in [3.8, 4) is 11.5 Å². The number of halogens is 1. The Labute approximate surface area is 266 Å². The normalized spacial score (nSPS) is 17.5. The summed E-state index contributed by atoms with van der Waals surface area (Å²) in [6.45, 7) is 2.96. The van der Waals surface area contributed by atoms with Crippen molar-refractivity contribution in [2.75, 3.05) is 20.3 Å². The summed E-state index contributed by atoms with van der Waals surface area (Å²) in [5, 5.41) is 9.06. The van der Waals surface area contributed by atoms with Gasteiger partial charge >= 0.3 is 0 Å². The number of hydrazine groups is 1. The number of ether oxygens (including phenoxy) is 3. The highest BCUT2D eigenvalue weighted by Crippen LogP contribution is 2.43. The number of aliphatic hydroxyl groups excluding tert-OH is 1. The Balaban J connectivity index is 1.52. The zero-order chi connectivity index (χ0) is 30.9. The van der Waals surface area contributed by atoms with Gasteiger partial charge in [0.25, 0.3) is 5.91 Å². The molecule has 0 aliphatic carbocycles. The van der Waals surface area contributed by atoms with E-state index >= 15 is 0 Å². The smallest absolute Gasteiger partial charge is 0.266 e. The number of aliphatic imine (C=N–C) groups is 1. The molecular formula is C35H36BrN3O5. The second-order valence-corrected chi connectivity index (χ2v) is 11.6. The van der Waals surface area contributed by atoms with Crippen molar-refractivity contribution < 1.29 is 24.1 Å². The summed E-state index contributed by atoms with van der Waals surface area (Å²) < 4.78 is 18.8. The molecule has 4 aromatic carbocycles. The molecule has 0 saturated carbocycles. The number of methoxy groups -OCH3 is 1. The van der Waals surface area contributed by atoms with Crippen molar-refractivity contribution in [3.05, 3.63) is 129 Å². The topological polar surface area (TPSA) is 101 Å². The highest BCUT2D eigenvalue weighted by atomic mass is 79.9. The predicted octanol–water partition coefficient (Wildman–Crippen LogP) is 5.85. The van der Waals surface area contributed by atoms with Crippen molar-refractivity contribution in [1.82, 2.24) is 10.9 Å². The molecule has 1 heterocycles. The van der Waals surface area contributed by atoms with Crippen molar-refractivity contribution >= 4 is 27.7 Å². The van der Waals surface area contributed by atoms with Crippen LogP contribution in [0.5, 0.6) is 11.5 Å². The van der Waals surface area contributed by atoms with E-state index in [1.807, 2.05) is 97.9 Å². The van der Waals surface area contributed by atoms with E-state index < -0.39 is 11.6 Å². The zero-order valence-corrected chi connectivity index (χ0v) is 26.3. The van der Waals surface area contributed by atoms with Crippen LogP contribution in [0.25, 0.3) is 0 Å². The first-order valence-corrected chi connectivity index (χ1v) is 15.3. The van der Waals surface area contributed by atoms with Gasteiger partial charge in [-0.1, -0.05) is 70.0 Å². The molecule has 0 fully saturated rings. The minimum Gasteiger partial charge on any atom is -0.497 e. The predicted molar refractivity (Wildman–Crippen MR) is 174 cm³/mol. The molecule has 0 saturated heterocycles. The molecule has 0 unspecified atom stereocenters. The van der Waals surface area contributed by atoms with Gasteiger partial charge in [-0.15, -0.1) is 0 Å². The Kier molecular flexibility index (Phi) is 10.3. The standard InChI is InChI=1S/C35H36BrN3O5/c1-24-6-3-7-26(20-24)23-37-39-34(41)35(22-25-10-14-29(36)15-11-25)32(28-8-4-9-31(21-28)42-2)44-33(38-35)27-12-16-30(17-13-27)43-19-5-18-40/h3-4,6-17,20-21,32,37,40H,5,18-19,22-23H2,1-2H3,(H,39,41)/t32-,35-/m0/s1. The minimum absolute atomic E-state index is 0.0662. The van der Waals surface area contributed by atoms with E-state index in [4.69, 9.17) is 24.3 Å². The van der Waals surface area contributed by atoms with E-state index in [9.17, 15) is 4.79 Å². The molecule has 0 bridgehead atoms. The first-order chi connectivity index (χ1) is 21.4. The van der Waals surface area contributed by atoms with Crippen LogP contribution in [-0.4, -0.2) is 42.8 Å². The molecule has 2 atom stereocenters. The number of nitrogens with zero attached hydrogens (tertiary/aromatic N) is 1. The number of carbonyl (C=O) groups is 1. The first kappa shape index (κ1) is 31.3. The number of amides is 1. The molecule has 5 rings (SSSR count). The number of hydrogen-bond donors (Lipinski definition) is 3. The van der Waals surface area contributed by atoms with Crippen molar-refractivity contribution in [2.24, 2.45) is 4.99 Å². The lowest BCUT2D eigenvalue weighted by Crippen LogP contribution is -2.53. The van der Waals surface area contributed by atoms with Gasteiger partial charge in [0.15, 0.2) is 11.6 Å². The van der Waals surface area contributed by atoms with Crippen LogP contribution in [0.15, 0.2) is 107 Å². The Morgan fingerprint density at radius 1 is 0.977 bits per heavy atom. The summed E-state index contributed by atoms with van der Waals surface area (Å²) >= 11 is 3.51. The van der Waals surface area contributed by atoms with Crippen LogP contribution in [0.1, 0.15) is 40.3 Å². The summed E-state index contributed by atoms with van der Waals surface area (Å²) in [5.41, 5.74) is 9.30. The number of nitrogens with one attached hydrogen (secondary N) is 2. The number of aryl methyl sites for hydroxylation is 1. The summed E-state index contributed by atoms with van der Waals surface area (Å²) in [7, 11) is 1.61. The zero-order valence-electron chi connectivity index (χ0n) is 24.8. The molecule has 1 aliphatic rings. The number of carbonyl (C=O) groups excluding carboxylic acids is 1. The fraction of sp³-hybridized carbons (Fsp3) is 0.257. The molecule has 3 N–H and O–H groups in total. The lowest BCUT2D eigenvalue weighted by molar-refractivity contribution is -0.130. The summed E-state index contributed by atoms with van der Waals surface area (Å²) in [6.07, 6.45) is 0.0784. The average molecular weight is 659 g/mol. The van der Waals surface area contributed by atoms with Gasteiger partial charge in [-0.25, -0.2) is 10.4 Å². The van der Waals surface area contributed by atoms with Gasteiger partial charge in [-0.05, 0) is 72.1 Å². The van der Waals surface area contributed by atoms with Crippen LogP contribution < -0.4 is 20.3 Å². The molecule has 44 heavy (non-hydrogen) atoms. The van der Waals surface area contributed by atoms with Gasteiger partial charge < -0.3 is 19.3 Å². The third-order valence-corrected chi connectivity index (χ3v) is 7.92. The number of hydrogen-bond acceptors (Lipinski definition) is 7. The highest BCUT2D eigenvalue weighted by Gasteiger charge is 2.53. The van der Waals surface area contributed by atoms with E-state index in [0.29, 0.717) is 42.5 Å². The van der Waals surface area contributed by atoms with Crippen LogP contribution in [0.4, 0.5) is 0 Å². The number of aliphatic hydroxyl groups is 1. The molecule has 1 aliphatic heterocycles. The fourth-order valence-electron chi connectivity index (χ4n) is 5.16. The van der Waals surface area contributed by atoms with Gasteiger partial charge in [0, 0.05) is 36.0 Å². The average Bonchev–Trinajstić information content (AvgIpc) is 3.43. The Morgan fingerprint density at radius 2 is 1.75 bits per heavy atom. The molecule has 0 spiro atoms. The molecule has 1 amide bonds. The SMILES string of the molecule is COc1cccc([C@@H]2OC(c3ccc(OCCCO)cc3)=N[C@]2(Cc2ccc(Br)cc2)C(=O)NNCc2cccc(C)c2)c1. The molecular weight excluding hydrogens is 622 g/mol. The van der Waals surface area contributed by atoms with E-state index in [2.05, 4.69) is 32.8 Å². The molecule has 0 aromatic heterocycles. The van der Waals surface area contributed by atoms with Crippen molar-refractivity contribution in [2.45, 2.75) is 38.0 Å². The monoisotopic (exact) mass is 657 g/mol. The van der Waals surface area contributed by atoms with Gasteiger partial charge in [0.2, 0.25) is 5.90 Å². The van der Waals surface area contributed by atoms with Crippen LogP contribution in [0.2, 0.25) is 0 Å². The van der Waals surface area contributed by atoms with Crippen LogP contribution >= 0.6 is 15.9 Å². The van der Waals surface area contributed by atoms with Gasteiger partial charge in [0.05, 0.1) is 13.7 Å². The fourth-order valence-corrected chi connectivity index (χ4v) is 5.42. The lowest BCUT2D eigenvalue weighted by Gasteiger charge is -2.31. The second kappa shape index (κ2) is 14.5. The third kappa shape index (κ3) is 7.48. The summed E-state index contributed by atoms with van der Waals surface area (Å²) in [6, 6.07) is 30.9. The molecule has 9 heteroatoms. The number of rotatable bonds is 13. The quantitative estimate of drug-likeness (QED) is 0.123. The van der Waals surface area contributed by atoms with Crippen molar-refractivity contribution in [1.29, 1.82) is 0 Å². The largest absolute Gasteiger partial charge is 0.497 e. The maximum absolute atomic E-state index is 14.4. The first-order valence-electron chi connectivity index (χ1n) is 14.5. The van der Waals surface area contributed by atoms with Crippen LogP contribution in [0, 0.1) is 6.92 Å².